The SMILES string of the molecule is CP1(=O)c2ccccc2NC(=O)N1c1ccccc1. The van der Waals surface area contributed by atoms with Crippen molar-refractivity contribution in [1.82, 2.24) is 0 Å². The van der Waals surface area contributed by atoms with Crippen LogP contribution < -0.4 is 15.3 Å². The molecule has 2 aromatic carbocycles. The number of benzene rings is 2. The fourth-order valence-corrected chi connectivity index (χ4v) is 4.42. The van der Waals surface area contributed by atoms with Crippen LogP contribution in [0.4, 0.5) is 16.2 Å². The minimum absolute atomic E-state index is 0.351. The lowest BCUT2D eigenvalue weighted by Crippen LogP contribution is -2.41. The number of anilines is 2. The molecule has 0 bridgehead atoms. The maximum Gasteiger partial charge on any atom is 0.332 e. The fraction of sp³-hybridized carbons (Fsp3) is 0.0714. The predicted molar refractivity (Wildman–Crippen MR) is 77.5 cm³/mol. The summed E-state index contributed by atoms with van der Waals surface area (Å²) in [5.74, 6) is 0. The summed E-state index contributed by atoms with van der Waals surface area (Å²) < 4.78 is 14.4. The molecule has 3 rings (SSSR count). The molecule has 1 N–H and O–H groups in total. The molecule has 1 atom stereocenters. The van der Waals surface area contributed by atoms with E-state index in [1.165, 1.54) is 4.67 Å². The van der Waals surface area contributed by atoms with Gasteiger partial charge in [-0.15, -0.1) is 0 Å². The van der Waals surface area contributed by atoms with E-state index in [4.69, 9.17) is 0 Å². The van der Waals surface area contributed by atoms with Gasteiger partial charge in [-0.3, -0.25) is 4.57 Å². The van der Waals surface area contributed by atoms with Crippen LogP contribution in [0.1, 0.15) is 0 Å². The highest BCUT2D eigenvalue weighted by Crippen LogP contribution is 2.51. The van der Waals surface area contributed by atoms with Crippen molar-refractivity contribution < 1.29 is 9.36 Å². The van der Waals surface area contributed by atoms with Crippen LogP contribution in [0.3, 0.4) is 0 Å². The van der Waals surface area contributed by atoms with Crippen molar-refractivity contribution in [2.24, 2.45) is 0 Å². The molecule has 0 aliphatic carbocycles. The van der Waals surface area contributed by atoms with E-state index < -0.39 is 7.29 Å². The van der Waals surface area contributed by atoms with Crippen LogP contribution in [-0.4, -0.2) is 12.7 Å². The number of carbonyl (C=O) groups excluding carboxylic acids is 1. The van der Waals surface area contributed by atoms with Gasteiger partial charge in [0.2, 0.25) is 7.29 Å². The maximum absolute atomic E-state index is 13.1. The molecule has 1 unspecified atom stereocenters. The van der Waals surface area contributed by atoms with Crippen LogP contribution in [-0.2, 0) is 4.57 Å². The Labute approximate surface area is 111 Å². The predicted octanol–water partition coefficient (Wildman–Crippen LogP) is 3.27. The van der Waals surface area contributed by atoms with E-state index in [0.717, 1.165) is 0 Å². The summed E-state index contributed by atoms with van der Waals surface area (Å²) in [6.45, 7) is 1.62. The molecule has 0 spiro atoms. The van der Waals surface area contributed by atoms with E-state index >= 15 is 0 Å². The lowest BCUT2D eigenvalue weighted by molar-refractivity contribution is 0.259. The first-order valence-electron chi connectivity index (χ1n) is 5.94. The first-order valence-corrected chi connectivity index (χ1v) is 8.05. The van der Waals surface area contributed by atoms with Gasteiger partial charge in [0.05, 0.1) is 16.7 Å². The Balaban J connectivity index is 2.18. The van der Waals surface area contributed by atoms with Gasteiger partial charge in [0, 0.05) is 6.66 Å². The van der Waals surface area contributed by atoms with E-state index in [-0.39, 0.29) is 6.03 Å². The fourth-order valence-electron chi connectivity index (χ4n) is 2.30. The van der Waals surface area contributed by atoms with E-state index in [9.17, 15) is 9.36 Å². The van der Waals surface area contributed by atoms with Gasteiger partial charge in [0.15, 0.2) is 0 Å². The van der Waals surface area contributed by atoms with Gasteiger partial charge in [-0.1, -0.05) is 30.3 Å². The monoisotopic (exact) mass is 272 g/mol. The Hall–Kier alpha value is -2.06. The van der Waals surface area contributed by atoms with Gasteiger partial charge in [-0.25, -0.2) is 9.46 Å². The number of nitrogens with zero attached hydrogens (tertiary/aromatic N) is 1. The average Bonchev–Trinajstić information content (AvgIpc) is 2.39. The number of carbonyl (C=O) groups is 1. The van der Waals surface area contributed by atoms with Crippen molar-refractivity contribution in [2.75, 3.05) is 16.7 Å². The van der Waals surface area contributed by atoms with Crippen LogP contribution in [0.5, 0.6) is 0 Å². The molecule has 2 aromatic rings. The number of fused-ring (bicyclic) bond motifs is 1. The third-order valence-electron chi connectivity index (χ3n) is 3.17. The minimum atomic E-state index is -2.94. The normalized spacial score (nSPS) is 21.7. The largest absolute Gasteiger partial charge is 0.332 e. The number of hydrogen-bond acceptors (Lipinski definition) is 2. The number of amides is 2. The highest BCUT2D eigenvalue weighted by Gasteiger charge is 2.39. The summed E-state index contributed by atoms with van der Waals surface area (Å²) in [6, 6.07) is 15.9. The smallest absolute Gasteiger partial charge is 0.306 e. The van der Waals surface area contributed by atoms with Crippen LogP contribution in [0.2, 0.25) is 0 Å². The standard InChI is InChI=1S/C14H13N2O2P/c1-19(18)13-10-6-5-9-12(13)15-14(17)16(19)11-7-3-2-4-8-11/h2-10H,1H3,(H,15,17). The van der Waals surface area contributed by atoms with Gasteiger partial charge >= 0.3 is 6.03 Å². The molecular formula is C14H13N2O2P. The van der Waals surface area contributed by atoms with Gasteiger partial charge in [0.1, 0.15) is 0 Å². The zero-order chi connectivity index (χ0) is 13.5. The molecular weight excluding hydrogens is 259 g/mol. The van der Waals surface area contributed by atoms with Crippen molar-refractivity contribution in [3.8, 4) is 0 Å². The topological polar surface area (TPSA) is 49.4 Å². The third kappa shape index (κ3) is 1.85. The molecule has 96 valence electrons. The Morgan fingerprint density at radius 2 is 1.63 bits per heavy atom. The van der Waals surface area contributed by atoms with Gasteiger partial charge in [-0.2, -0.15) is 0 Å². The third-order valence-corrected chi connectivity index (χ3v) is 5.63. The summed E-state index contributed by atoms with van der Waals surface area (Å²) in [5, 5.41) is 3.46. The number of nitrogens with one attached hydrogen (secondary N) is 1. The second kappa shape index (κ2) is 4.25. The quantitative estimate of drug-likeness (QED) is 0.810. The number of para-hydroxylation sites is 2. The Kier molecular flexibility index (Phi) is 2.68. The summed E-state index contributed by atoms with van der Waals surface area (Å²) in [4.78, 5) is 12.2. The molecule has 0 saturated carbocycles. The van der Waals surface area contributed by atoms with Gasteiger partial charge in [-0.05, 0) is 24.3 Å². The molecule has 4 nitrogen and oxygen atoms in total. The summed E-state index contributed by atoms with van der Waals surface area (Å²) in [6.07, 6.45) is 0. The molecule has 0 fully saturated rings. The molecule has 1 heterocycles. The molecule has 0 saturated heterocycles. The Morgan fingerprint density at radius 3 is 2.37 bits per heavy atom. The van der Waals surface area contributed by atoms with E-state index in [0.29, 0.717) is 16.7 Å². The van der Waals surface area contributed by atoms with Crippen molar-refractivity contribution in [1.29, 1.82) is 0 Å². The zero-order valence-corrected chi connectivity index (χ0v) is 11.3. The Morgan fingerprint density at radius 1 is 1.00 bits per heavy atom. The molecule has 2 amide bonds. The van der Waals surface area contributed by atoms with E-state index in [1.54, 1.807) is 30.9 Å². The van der Waals surface area contributed by atoms with Gasteiger partial charge < -0.3 is 5.32 Å². The molecule has 1 aliphatic rings. The van der Waals surface area contributed by atoms with Crippen LogP contribution in [0.25, 0.3) is 0 Å². The summed E-state index contributed by atoms with van der Waals surface area (Å²) in [7, 11) is -2.94. The van der Waals surface area contributed by atoms with Crippen molar-refractivity contribution in [3.63, 3.8) is 0 Å². The Bertz CT molecular complexity index is 685. The highest BCUT2D eigenvalue weighted by atomic mass is 31.2. The summed E-state index contributed by atoms with van der Waals surface area (Å²) >= 11 is 0. The van der Waals surface area contributed by atoms with E-state index in [1.807, 2.05) is 30.3 Å². The number of rotatable bonds is 1. The molecule has 19 heavy (non-hydrogen) atoms. The molecule has 0 aromatic heterocycles. The lowest BCUT2D eigenvalue weighted by Gasteiger charge is -2.35. The zero-order valence-electron chi connectivity index (χ0n) is 10.4. The van der Waals surface area contributed by atoms with Crippen molar-refractivity contribution in [2.45, 2.75) is 0 Å². The van der Waals surface area contributed by atoms with Crippen molar-refractivity contribution in [3.05, 3.63) is 54.6 Å². The molecule has 0 radical (unpaired) electrons. The highest BCUT2D eigenvalue weighted by molar-refractivity contribution is 7.73. The van der Waals surface area contributed by atoms with E-state index in [2.05, 4.69) is 5.32 Å². The van der Waals surface area contributed by atoms with Crippen molar-refractivity contribution >= 4 is 30.0 Å². The number of urea groups is 1. The molecule has 1 aliphatic heterocycles. The van der Waals surface area contributed by atoms with Crippen LogP contribution in [0.15, 0.2) is 54.6 Å². The first-order chi connectivity index (χ1) is 9.10. The lowest BCUT2D eigenvalue weighted by atomic mass is 10.3. The second-order valence-electron chi connectivity index (χ2n) is 4.47. The van der Waals surface area contributed by atoms with Crippen LogP contribution in [0, 0.1) is 0 Å². The number of hydrogen-bond donors (Lipinski definition) is 1. The van der Waals surface area contributed by atoms with Crippen LogP contribution >= 0.6 is 7.29 Å². The summed E-state index contributed by atoms with van der Waals surface area (Å²) in [5.41, 5.74) is 1.27. The first kappa shape index (κ1) is 12.0. The average molecular weight is 272 g/mol. The van der Waals surface area contributed by atoms with Gasteiger partial charge in [0.25, 0.3) is 0 Å². The molecule has 5 heteroatoms. The second-order valence-corrected chi connectivity index (χ2v) is 7.11. The maximum atomic E-state index is 13.1. The minimum Gasteiger partial charge on any atom is -0.306 e.